The quantitative estimate of drug-likeness (QED) is 0.0739. The number of phenolic OH excluding ortho intramolecular Hbond substituents is 4. The van der Waals surface area contributed by atoms with Gasteiger partial charge in [0.2, 0.25) is 0 Å². The summed E-state index contributed by atoms with van der Waals surface area (Å²) in [5.41, 5.74) is -2.65. The molecule has 4 atom stereocenters. The highest BCUT2D eigenvalue weighted by Gasteiger charge is 2.61. The summed E-state index contributed by atoms with van der Waals surface area (Å²) in [5, 5.41) is 89.2. The van der Waals surface area contributed by atoms with Crippen molar-refractivity contribution in [3.05, 3.63) is 59.7 Å². The van der Waals surface area contributed by atoms with Crippen LogP contribution in [0.1, 0.15) is 24.0 Å². The Balaban J connectivity index is 1.86. The predicted octanol–water partition coefficient (Wildman–Crippen LogP) is 0.235. The number of phenols is 4. The van der Waals surface area contributed by atoms with Gasteiger partial charge in [0.05, 0.1) is 6.08 Å². The topological polar surface area (TPSA) is 252 Å². The van der Waals surface area contributed by atoms with Crippen molar-refractivity contribution >= 4 is 29.7 Å². The second kappa shape index (κ2) is 10.9. The molecule has 3 rings (SSSR count). The molecule has 0 saturated heterocycles. The minimum absolute atomic E-state index is 0.153. The predicted molar refractivity (Wildman–Crippen MR) is 128 cm³/mol. The number of hydrogen-bond acceptors (Lipinski definition) is 13. The molecule has 0 radical (unpaired) electrons. The highest BCUT2D eigenvalue weighted by molar-refractivity contribution is 5.90. The van der Waals surface area contributed by atoms with Crippen LogP contribution >= 0.6 is 0 Å². The van der Waals surface area contributed by atoms with Crippen molar-refractivity contribution in [1.82, 2.24) is 0 Å². The molecule has 0 spiro atoms. The van der Waals surface area contributed by atoms with E-state index < -0.39 is 83.1 Å². The van der Waals surface area contributed by atoms with Crippen LogP contribution in [0.2, 0.25) is 0 Å². The van der Waals surface area contributed by atoms with Gasteiger partial charge in [-0.1, -0.05) is 6.07 Å². The van der Waals surface area contributed by atoms with Gasteiger partial charge in [-0.05, 0) is 42.0 Å². The van der Waals surface area contributed by atoms with Gasteiger partial charge in [0, 0.05) is 24.5 Å². The molecule has 0 bridgehead atoms. The Morgan fingerprint density at radius 2 is 1.46 bits per heavy atom. The normalized spacial score (nSPS) is 25.3. The van der Waals surface area contributed by atoms with E-state index in [2.05, 4.69) is 0 Å². The highest BCUT2D eigenvalue weighted by Crippen LogP contribution is 2.39. The standard InChI is InChI=1S/C25H24O14/c26-14-4-1-12(7-17(14)29)2-6-21(32)39-25(37)19(31)10-24(36,23(34)35)11-20(25)38-22(33)9-16(28)13-3-5-15(27)18(30)8-13/h1-9,19-20,26-31,36-37H,10-11H2,(H,34,35)/b6-2+,16-9-/t19-,20-,24-,25+/m1/s1. The van der Waals surface area contributed by atoms with E-state index in [-0.39, 0.29) is 11.1 Å². The summed E-state index contributed by atoms with van der Waals surface area (Å²) in [6.45, 7) is 0. The molecule has 0 unspecified atom stereocenters. The number of carboxylic acids is 1. The van der Waals surface area contributed by atoms with Crippen LogP contribution in [-0.2, 0) is 23.9 Å². The Labute approximate surface area is 219 Å². The molecule has 0 aliphatic heterocycles. The number of carbonyl (C=O) groups is 3. The van der Waals surface area contributed by atoms with E-state index in [9.17, 15) is 60.3 Å². The van der Waals surface area contributed by atoms with Crippen LogP contribution in [-0.4, -0.2) is 87.5 Å². The number of aliphatic hydroxyl groups is 4. The number of carboxylic acid groups (broad SMARTS) is 1. The van der Waals surface area contributed by atoms with E-state index >= 15 is 0 Å². The van der Waals surface area contributed by atoms with Crippen LogP contribution < -0.4 is 0 Å². The number of aromatic hydroxyl groups is 4. The largest absolute Gasteiger partial charge is 0.507 e. The third kappa shape index (κ3) is 6.38. The summed E-state index contributed by atoms with van der Waals surface area (Å²) in [6.07, 6.45) is -4.21. The van der Waals surface area contributed by atoms with E-state index in [1.807, 2.05) is 0 Å². The molecular weight excluding hydrogens is 524 g/mol. The highest BCUT2D eigenvalue weighted by atomic mass is 16.7. The van der Waals surface area contributed by atoms with Crippen LogP contribution in [0.15, 0.2) is 48.6 Å². The first-order chi connectivity index (χ1) is 18.1. The van der Waals surface area contributed by atoms with E-state index in [1.54, 1.807) is 0 Å². The monoisotopic (exact) mass is 548 g/mol. The summed E-state index contributed by atoms with van der Waals surface area (Å²) in [7, 11) is 0. The van der Waals surface area contributed by atoms with Gasteiger partial charge in [-0.25, -0.2) is 14.4 Å². The fourth-order valence-electron chi connectivity index (χ4n) is 3.71. The molecule has 1 saturated carbocycles. The Morgan fingerprint density at radius 3 is 2.05 bits per heavy atom. The first-order valence-corrected chi connectivity index (χ1v) is 11.1. The molecule has 9 N–H and O–H groups in total. The average Bonchev–Trinajstić information content (AvgIpc) is 2.84. The van der Waals surface area contributed by atoms with Gasteiger partial charge in [0.15, 0.2) is 34.7 Å². The van der Waals surface area contributed by atoms with Crippen LogP contribution in [0.5, 0.6) is 23.0 Å². The summed E-state index contributed by atoms with van der Waals surface area (Å²) < 4.78 is 9.89. The minimum Gasteiger partial charge on any atom is -0.507 e. The first-order valence-electron chi connectivity index (χ1n) is 11.1. The molecule has 14 nitrogen and oxygen atoms in total. The van der Waals surface area contributed by atoms with Gasteiger partial charge < -0.3 is 55.4 Å². The van der Waals surface area contributed by atoms with E-state index in [1.165, 1.54) is 6.07 Å². The third-order valence-electron chi connectivity index (χ3n) is 5.85. The van der Waals surface area contributed by atoms with Crippen LogP contribution in [0, 0.1) is 0 Å². The molecule has 2 aromatic carbocycles. The number of rotatable bonds is 7. The summed E-state index contributed by atoms with van der Waals surface area (Å²) in [5.74, 6) is -10.5. The van der Waals surface area contributed by atoms with Gasteiger partial charge in [0.25, 0.3) is 5.79 Å². The van der Waals surface area contributed by atoms with E-state index in [4.69, 9.17) is 9.47 Å². The van der Waals surface area contributed by atoms with E-state index in [0.717, 1.165) is 42.5 Å². The average molecular weight is 548 g/mol. The second-order valence-electron chi connectivity index (χ2n) is 8.67. The molecule has 1 aliphatic carbocycles. The van der Waals surface area contributed by atoms with Crippen LogP contribution in [0.25, 0.3) is 11.8 Å². The minimum atomic E-state index is -3.06. The third-order valence-corrected chi connectivity index (χ3v) is 5.85. The second-order valence-corrected chi connectivity index (χ2v) is 8.67. The lowest BCUT2D eigenvalue weighted by Crippen LogP contribution is -2.66. The molecule has 1 fully saturated rings. The summed E-state index contributed by atoms with van der Waals surface area (Å²) >= 11 is 0. The number of carbonyl (C=O) groups excluding carboxylic acids is 2. The molecule has 14 heteroatoms. The first kappa shape index (κ1) is 28.8. The molecule has 0 amide bonds. The zero-order valence-electron chi connectivity index (χ0n) is 19.8. The van der Waals surface area contributed by atoms with Crippen molar-refractivity contribution < 1.29 is 69.8 Å². The fourth-order valence-corrected chi connectivity index (χ4v) is 3.71. The van der Waals surface area contributed by atoms with Gasteiger partial charge in [0.1, 0.15) is 11.9 Å². The number of benzene rings is 2. The van der Waals surface area contributed by atoms with Gasteiger partial charge >= 0.3 is 17.9 Å². The maximum absolute atomic E-state index is 12.5. The molecule has 39 heavy (non-hydrogen) atoms. The summed E-state index contributed by atoms with van der Waals surface area (Å²) in [6, 6.07) is 6.57. The lowest BCUT2D eigenvalue weighted by molar-refractivity contribution is -0.314. The molecule has 2 aromatic rings. The lowest BCUT2D eigenvalue weighted by atomic mass is 9.77. The van der Waals surface area contributed by atoms with Crippen molar-refractivity contribution in [3.63, 3.8) is 0 Å². The molecule has 208 valence electrons. The summed E-state index contributed by atoms with van der Waals surface area (Å²) in [4.78, 5) is 36.5. The Kier molecular flexibility index (Phi) is 8.05. The van der Waals surface area contributed by atoms with Crippen LogP contribution in [0.3, 0.4) is 0 Å². The van der Waals surface area contributed by atoms with Crippen molar-refractivity contribution in [2.45, 2.75) is 36.4 Å². The fraction of sp³-hybridized carbons (Fsp3) is 0.240. The molecular formula is C25H24O14. The molecule has 1 aliphatic rings. The molecule has 0 heterocycles. The Morgan fingerprint density at radius 1 is 0.846 bits per heavy atom. The molecule has 0 aromatic heterocycles. The van der Waals surface area contributed by atoms with Crippen molar-refractivity contribution in [1.29, 1.82) is 0 Å². The van der Waals surface area contributed by atoms with Crippen LogP contribution in [0.4, 0.5) is 0 Å². The Hall–Kier alpha value is -4.79. The number of esters is 2. The van der Waals surface area contributed by atoms with Gasteiger partial charge in [-0.15, -0.1) is 0 Å². The number of aliphatic hydroxyl groups excluding tert-OH is 2. The SMILES string of the molecule is O=C(/C=C(\O)c1ccc(O)c(O)c1)O[C@@H]1C[C@@](O)(C(=O)O)C[C@@H](O)[C@]1(O)OC(=O)/C=C/c1ccc(O)c(O)c1. The smallest absolute Gasteiger partial charge is 0.335 e. The Bertz CT molecular complexity index is 1350. The maximum Gasteiger partial charge on any atom is 0.335 e. The number of aliphatic carboxylic acids is 1. The number of hydrogen-bond donors (Lipinski definition) is 9. The van der Waals surface area contributed by atoms with E-state index in [0.29, 0.717) is 6.08 Å². The maximum atomic E-state index is 12.5. The van der Waals surface area contributed by atoms with Crippen molar-refractivity contribution in [3.8, 4) is 23.0 Å². The zero-order chi connectivity index (χ0) is 29.1. The van der Waals surface area contributed by atoms with Crippen molar-refractivity contribution in [2.24, 2.45) is 0 Å². The zero-order valence-corrected chi connectivity index (χ0v) is 19.8. The van der Waals surface area contributed by atoms with Crippen molar-refractivity contribution in [2.75, 3.05) is 0 Å². The van der Waals surface area contributed by atoms with Gasteiger partial charge in [-0.3, -0.25) is 0 Å². The lowest BCUT2D eigenvalue weighted by Gasteiger charge is -2.45. The number of ether oxygens (including phenoxy) is 2. The van der Waals surface area contributed by atoms with Gasteiger partial charge in [-0.2, -0.15) is 0 Å².